The summed E-state index contributed by atoms with van der Waals surface area (Å²) in [6, 6.07) is 5.21. The van der Waals surface area contributed by atoms with E-state index in [1.54, 1.807) is 12.1 Å². The van der Waals surface area contributed by atoms with Gasteiger partial charge >= 0.3 is 0 Å². The van der Waals surface area contributed by atoms with Crippen molar-refractivity contribution in [1.82, 2.24) is 10.2 Å². The van der Waals surface area contributed by atoms with E-state index in [1.807, 2.05) is 20.2 Å². The largest absolute Gasteiger partial charge is 0.506 e. The SMILES string of the molecule is CN(C)CCOCCNCc1ccc(O)c(Cl)c1. The van der Waals surface area contributed by atoms with Crippen molar-refractivity contribution in [2.24, 2.45) is 0 Å². The van der Waals surface area contributed by atoms with Gasteiger partial charge in [0.05, 0.1) is 18.2 Å². The molecule has 1 aromatic carbocycles. The highest BCUT2D eigenvalue weighted by atomic mass is 35.5. The van der Waals surface area contributed by atoms with Gasteiger partial charge in [-0.25, -0.2) is 0 Å². The van der Waals surface area contributed by atoms with Crippen LogP contribution in [0.15, 0.2) is 18.2 Å². The van der Waals surface area contributed by atoms with Gasteiger partial charge < -0.3 is 20.1 Å². The van der Waals surface area contributed by atoms with Gasteiger partial charge in [-0.2, -0.15) is 0 Å². The van der Waals surface area contributed by atoms with Crippen molar-refractivity contribution < 1.29 is 9.84 Å². The number of hydrogen-bond acceptors (Lipinski definition) is 4. The van der Waals surface area contributed by atoms with Gasteiger partial charge in [-0.1, -0.05) is 17.7 Å². The fourth-order valence-electron chi connectivity index (χ4n) is 1.39. The van der Waals surface area contributed by atoms with Crippen LogP contribution in [-0.4, -0.2) is 50.4 Å². The maximum absolute atomic E-state index is 9.28. The minimum atomic E-state index is 0.118. The molecule has 1 aromatic rings. The number of hydrogen-bond donors (Lipinski definition) is 2. The Bertz CT molecular complexity index is 359. The number of aromatic hydroxyl groups is 1. The van der Waals surface area contributed by atoms with Crippen molar-refractivity contribution in [3.63, 3.8) is 0 Å². The number of nitrogens with zero attached hydrogens (tertiary/aromatic N) is 1. The summed E-state index contributed by atoms with van der Waals surface area (Å²) in [5.74, 6) is 0.118. The Hall–Kier alpha value is -0.810. The average molecular weight is 273 g/mol. The highest BCUT2D eigenvalue weighted by molar-refractivity contribution is 6.32. The van der Waals surface area contributed by atoms with Crippen molar-refractivity contribution in [2.75, 3.05) is 40.4 Å². The van der Waals surface area contributed by atoms with Gasteiger partial charge in [-0.3, -0.25) is 0 Å². The first-order valence-electron chi connectivity index (χ1n) is 6.00. The normalized spacial score (nSPS) is 11.1. The summed E-state index contributed by atoms with van der Waals surface area (Å²) in [6.07, 6.45) is 0. The molecule has 0 aliphatic carbocycles. The van der Waals surface area contributed by atoms with E-state index in [0.717, 1.165) is 31.8 Å². The molecule has 18 heavy (non-hydrogen) atoms. The van der Waals surface area contributed by atoms with Gasteiger partial charge in [-0.05, 0) is 31.8 Å². The van der Waals surface area contributed by atoms with Gasteiger partial charge in [0.25, 0.3) is 0 Å². The Kier molecular flexibility index (Phi) is 7.05. The molecule has 0 bridgehead atoms. The van der Waals surface area contributed by atoms with Crippen LogP contribution in [0, 0.1) is 0 Å². The molecule has 0 heterocycles. The zero-order valence-electron chi connectivity index (χ0n) is 10.9. The second-order valence-corrected chi connectivity index (χ2v) is 4.79. The number of likely N-dealkylation sites (N-methyl/N-ethyl adjacent to an activating group) is 1. The molecule has 0 radical (unpaired) electrons. The van der Waals surface area contributed by atoms with Crippen LogP contribution in [0.2, 0.25) is 5.02 Å². The third-order valence-electron chi connectivity index (χ3n) is 2.45. The predicted molar refractivity (Wildman–Crippen MR) is 74.2 cm³/mol. The molecule has 1 rings (SSSR count). The summed E-state index contributed by atoms with van der Waals surface area (Å²) in [4.78, 5) is 2.09. The molecule has 0 fully saturated rings. The Morgan fingerprint density at radius 2 is 2.11 bits per heavy atom. The number of benzene rings is 1. The summed E-state index contributed by atoms with van der Waals surface area (Å²) in [5, 5.41) is 12.9. The topological polar surface area (TPSA) is 44.7 Å². The van der Waals surface area contributed by atoms with Gasteiger partial charge in [0.15, 0.2) is 0 Å². The lowest BCUT2D eigenvalue weighted by molar-refractivity contribution is 0.119. The first-order chi connectivity index (χ1) is 8.59. The Balaban J connectivity index is 2.09. The molecule has 0 atom stereocenters. The first kappa shape index (κ1) is 15.2. The molecule has 0 saturated heterocycles. The highest BCUT2D eigenvalue weighted by Gasteiger charge is 1.99. The standard InChI is InChI=1S/C13H21ClN2O2/c1-16(2)6-8-18-7-5-15-10-11-3-4-13(17)12(14)9-11/h3-4,9,15,17H,5-8,10H2,1-2H3. The van der Waals surface area contributed by atoms with E-state index in [-0.39, 0.29) is 5.75 Å². The fraction of sp³-hybridized carbons (Fsp3) is 0.538. The van der Waals surface area contributed by atoms with Crippen molar-refractivity contribution in [1.29, 1.82) is 0 Å². The number of phenolic OH excluding ortho intramolecular Hbond substituents is 1. The second kappa shape index (κ2) is 8.32. The molecule has 0 unspecified atom stereocenters. The number of nitrogens with one attached hydrogen (secondary N) is 1. The van der Waals surface area contributed by atoms with Gasteiger partial charge in [0.2, 0.25) is 0 Å². The monoisotopic (exact) mass is 272 g/mol. The molecule has 2 N–H and O–H groups in total. The van der Waals surface area contributed by atoms with Crippen LogP contribution >= 0.6 is 11.6 Å². The molecule has 5 heteroatoms. The van der Waals surface area contributed by atoms with Crippen LogP contribution in [0.5, 0.6) is 5.75 Å². The number of rotatable bonds is 8. The van der Waals surface area contributed by atoms with Crippen molar-refractivity contribution in [3.05, 3.63) is 28.8 Å². The van der Waals surface area contributed by atoms with Crippen LogP contribution in [0.1, 0.15) is 5.56 Å². The third kappa shape index (κ3) is 6.21. The summed E-state index contributed by atoms with van der Waals surface area (Å²) < 4.78 is 5.46. The lowest BCUT2D eigenvalue weighted by Gasteiger charge is -2.10. The fourth-order valence-corrected chi connectivity index (χ4v) is 1.59. The van der Waals surface area contributed by atoms with E-state index in [2.05, 4.69) is 10.2 Å². The predicted octanol–water partition coefficient (Wildman–Crippen LogP) is 1.71. The van der Waals surface area contributed by atoms with Crippen LogP contribution in [-0.2, 0) is 11.3 Å². The third-order valence-corrected chi connectivity index (χ3v) is 2.75. The van der Waals surface area contributed by atoms with Gasteiger partial charge in [-0.15, -0.1) is 0 Å². The van der Waals surface area contributed by atoms with Crippen molar-refractivity contribution in [2.45, 2.75) is 6.54 Å². The van der Waals surface area contributed by atoms with Crippen LogP contribution in [0.3, 0.4) is 0 Å². The maximum atomic E-state index is 9.28. The number of phenols is 1. The second-order valence-electron chi connectivity index (χ2n) is 4.38. The minimum absolute atomic E-state index is 0.118. The summed E-state index contributed by atoms with van der Waals surface area (Å²) in [6.45, 7) is 3.90. The highest BCUT2D eigenvalue weighted by Crippen LogP contribution is 2.23. The van der Waals surface area contributed by atoms with E-state index in [4.69, 9.17) is 16.3 Å². The van der Waals surface area contributed by atoms with E-state index in [0.29, 0.717) is 11.6 Å². The lowest BCUT2D eigenvalue weighted by atomic mass is 10.2. The van der Waals surface area contributed by atoms with Crippen molar-refractivity contribution >= 4 is 11.6 Å². The van der Waals surface area contributed by atoms with Crippen LogP contribution < -0.4 is 5.32 Å². The van der Waals surface area contributed by atoms with Crippen molar-refractivity contribution in [3.8, 4) is 5.75 Å². The molecule has 4 nitrogen and oxygen atoms in total. The molecule has 102 valence electrons. The molecule has 0 aromatic heterocycles. The Morgan fingerprint density at radius 3 is 2.78 bits per heavy atom. The van der Waals surface area contributed by atoms with Gasteiger partial charge in [0, 0.05) is 19.6 Å². The molecular formula is C13H21ClN2O2. The van der Waals surface area contributed by atoms with E-state index < -0.39 is 0 Å². The lowest BCUT2D eigenvalue weighted by Crippen LogP contribution is -2.23. The first-order valence-corrected chi connectivity index (χ1v) is 6.38. The molecule has 0 spiro atoms. The summed E-state index contributed by atoms with van der Waals surface area (Å²) >= 11 is 5.82. The Morgan fingerprint density at radius 1 is 1.33 bits per heavy atom. The Labute approximate surface area is 114 Å². The van der Waals surface area contributed by atoms with E-state index in [9.17, 15) is 5.11 Å². The van der Waals surface area contributed by atoms with Gasteiger partial charge in [0.1, 0.15) is 5.75 Å². The molecule has 0 aliphatic heterocycles. The minimum Gasteiger partial charge on any atom is -0.506 e. The summed E-state index contributed by atoms with van der Waals surface area (Å²) in [7, 11) is 4.05. The smallest absolute Gasteiger partial charge is 0.134 e. The van der Waals surface area contributed by atoms with Crippen LogP contribution in [0.25, 0.3) is 0 Å². The summed E-state index contributed by atoms with van der Waals surface area (Å²) in [5.41, 5.74) is 1.05. The number of halogens is 1. The molecule has 0 amide bonds. The van der Waals surface area contributed by atoms with E-state index >= 15 is 0 Å². The maximum Gasteiger partial charge on any atom is 0.134 e. The zero-order valence-corrected chi connectivity index (χ0v) is 11.7. The quantitative estimate of drug-likeness (QED) is 0.708. The zero-order chi connectivity index (χ0) is 13.4. The average Bonchev–Trinajstić information content (AvgIpc) is 2.32. The molecule has 0 saturated carbocycles. The van der Waals surface area contributed by atoms with E-state index in [1.165, 1.54) is 0 Å². The molecule has 0 aliphatic rings. The molecular weight excluding hydrogens is 252 g/mol. The number of ether oxygens (including phenoxy) is 1. The van der Waals surface area contributed by atoms with Crippen LogP contribution in [0.4, 0.5) is 0 Å².